The normalized spacial score (nSPS) is 8.92. The second-order valence-electron chi connectivity index (χ2n) is 2.44. The third kappa shape index (κ3) is 1.84. The maximum atomic E-state index is 13.0. The molecule has 0 spiro atoms. The summed E-state index contributed by atoms with van der Waals surface area (Å²) in [6.07, 6.45) is 0. The van der Waals surface area contributed by atoms with E-state index in [1.54, 1.807) is 6.07 Å². The maximum Gasteiger partial charge on any atom is 0.139 e. The van der Waals surface area contributed by atoms with Gasteiger partial charge in [-0.1, -0.05) is 24.0 Å². The van der Waals surface area contributed by atoms with Gasteiger partial charge in [-0.3, -0.25) is 0 Å². The highest BCUT2D eigenvalue weighted by Gasteiger charge is 1.99. The minimum atomic E-state index is -0.282. The average molecular weight is 163 g/mol. The van der Waals surface area contributed by atoms with Crippen LogP contribution in [0, 0.1) is 24.6 Å². The number of hydrogen-bond acceptors (Lipinski definition) is 1. The van der Waals surface area contributed by atoms with E-state index < -0.39 is 0 Å². The summed E-state index contributed by atoms with van der Waals surface area (Å²) in [7, 11) is 0. The Morgan fingerprint density at radius 3 is 2.83 bits per heavy atom. The Balaban J connectivity index is 3.13. The highest BCUT2D eigenvalue weighted by atomic mass is 19.1. The fourth-order valence-corrected chi connectivity index (χ4v) is 0.930. The molecule has 0 aliphatic heterocycles. The van der Waals surface area contributed by atoms with Gasteiger partial charge in [0.25, 0.3) is 0 Å². The van der Waals surface area contributed by atoms with Crippen molar-refractivity contribution >= 4 is 0 Å². The Kier molecular flexibility index (Phi) is 2.84. The molecule has 0 saturated carbocycles. The first-order chi connectivity index (χ1) is 5.75. The summed E-state index contributed by atoms with van der Waals surface area (Å²) >= 11 is 0. The first kappa shape index (κ1) is 8.76. The molecule has 0 aliphatic rings. The summed E-state index contributed by atoms with van der Waals surface area (Å²) in [6, 6.07) is 4.88. The Labute approximate surface area is 71.4 Å². The summed E-state index contributed by atoms with van der Waals surface area (Å²) in [5.74, 6) is 5.03. The zero-order valence-electron chi connectivity index (χ0n) is 6.89. The van der Waals surface area contributed by atoms with Gasteiger partial charge in [-0.05, 0) is 18.6 Å². The summed E-state index contributed by atoms with van der Waals surface area (Å²) in [6.45, 7) is 2.08. The van der Waals surface area contributed by atoms with E-state index >= 15 is 0 Å². The van der Waals surface area contributed by atoms with Gasteiger partial charge in [-0.25, -0.2) is 4.39 Å². The highest BCUT2D eigenvalue weighted by molar-refractivity contribution is 5.41. The Morgan fingerprint density at radius 1 is 1.50 bits per heavy atom. The molecule has 1 aromatic carbocycles. The second-order valence-corrected chi connectivity index (χ2v) is 2.44. The number of nitrogens with two attached hydrogens (primary N) is 1. The van der Waals surface area contributed by atoms with Gasteiger partial charge in [0.2, 0.25) is 0 Å². The van der Waals surface area contributed by atoms with Crippen LogP contribution in [0.2, 0.25) is 0 Å². The molecular formula is C10H10FN. The molecule has 0 saturated heterocycles. The number of halogens is 1. The van der Waals surface area contributed by atoms with E-state index in [2.05, 4.69) is 11.8 Å². The Hall–Kier alpha value is -1.33. The molecule has 0 bridgehead atoms. The minimum absolute atomic E-state index is 0.258. The van der Waals surface area contributed by atoms with Crippen molar-refractivity contribution in [3.05, 3.63) is 35.1 Å². The van der Waals surface area contributed by atoms with E-state index in [0.29, 0.717) is 5.56 Å². The van der Waals surface area contributed by atoms with Crippen LogP contribution in [0.5, 0.6) is 0 Å². The zero-order valence-corrected chi connectivity index (χ0v) is 6.89. The molecule has 0 fully saturated rings. The second kappa shape index (κ2) is 3.89. The van der Waals surface area contributed by atoms with Crippen molar-refractivity contribution in [2.24, 2.45) is 5.73 Å². The quantitative estimate of drug-likeness (QED) is 0.575. The average Bonchev–Trinajstić information content (AvgIpc) is 2.04. The summed E-state index contributed by atoms with van der Waals surface area (Å²) < 4.78 is 13.0. The molecule has 0 radical (unpaired) electrons. The van der Waals surface area contributed by atoms with Gasteiger partial charge in [0.05, 0.1) is 12.1 Å². The van der Waals surface area contributed by atoms with E-state index in [1.807, 2.05) is 13.0 Å². The molecule has 0 aliphatic carbocycles. The molecule has 62 valence electrons. The standard InChI is InChI=1S/C10H10FN/c1-8-4-2-6-10(11)9(8)5-3-7-12/h2,4,6H,7,12H2,1H3. The van der Waals surface area contributed by atoms with Gasteiger partial charge in [0, 0.05) is 0 Å². The largest absolute Gasteiger partial charge is 0.320 e. The van der Waals surface area contributed by atoms with Gasteiger partial charge in [0.1, 0.15) is 5.82 Å². The van der Waals surface area contributed by atoms with E-state index in [0.717, 1.165) is 5.56 Å². The van der Waals surface area contributed by atoms with E-state index in [1.165, 1.54) is 6.07 Å². The fourth-order valence-electron chi connectivity index (χ4n) is 0.930. The molecule has 0 amide bonds. The zero-order chi connectivity index (χ0) is 8.97. The molecular weight excluding hydrogens is 153 g/mol. The molecule has 0 atom stereocenters. The predicted octanol–water partition coefficient (Wildman–Crippen LogP) is 1.44. The molecule has 1 rings (SSSR count). The van der Waals surface area contributed by atoms with Crippen LogP contribution in [0.25, 0.3) is 0 Å². The van der Waals surface area contributed by atoms with Crippen LogP contribution in [0.1, 0.15) is 11.1 Å². The lowest BCUT2D eigenvalue weighted by Crippen LogP contribution is -1.94. The van der Waals surface area contributed by atoms with Gasteiger partial charge in [-0.15, -0.1) is 0 Å². The molecule has 0 unspecified atom stereocenters. The first-order valence-electron chi connectivity index (χ1n) is 3.69. The summed E-state index contributed by atoms with van der Waals surface area (Å²) in [5.41, 5.74) is 6.47. The van der Waals surface area contributed by atoms with Crippen LogP contribution in [0.4, 0.5) is 4.39 Å². The van der Waals surface area contributed by atoms with Crippen molar-refractivity contribution in [2.75, 3.05) is 6.54 Å². The van der Waals surface area contributed by atoms with Crippen molar-refractivity contribution < 1.29 is 4.39 Å². The predicted molar refractivity (Wildman–Crippen MR) is 47.1 cm³/mol. The van der Waals surface area contributed by atoms with Crippen molar-refractivity contribution in [3.63, 3.8) is 0 Å². The first-order valence-corrected chi connectivity index (χ1v) is 3.69. The Morgan fingerprint density at radius 2 is 2.25 bits per heavy atom. The molecule has 2 heteroatoms. The minimum Gasteiger partial charge on any atom is -0.320 e. The number of aryl methyl sites for hydroxylation is 1. The third-order valence-electron chi connectivity index (χ3n) is 1.54. The van der Waals surface area contributed by atoms with Gasteiger partial charge < -0.3 is 5.73 Å². The van der Waals surface area contributed by atoms with Crippen LogP contribution in [0.15, 0.2) is 18.2 Å². The van der Waals surface area contributed by atoms with E-state index in [-0.39, 0.29) is 12.4 Å². The summed E-state index contributed by atoms with van der Waals surface area (Å²) in [5, 5.41) is 0. The monoisotopic (exact) mass is 163 g/mol. The van der Waals surface area contributed by atoms with Crippen molar-refractivity contribution in [1.82, 2.24) is 0 Å². The molecule has 2 N–H and O–H groups in total. The smallest absolute Gasteiger partial charge is 0.139 e. The summed E-state index contributed by atoms with van der Waals surface area (Å²) in [4.78, 5) is 0. The van der Waals surface area contributed by atoms with Crippen molar-refractivity contribution in [2.45, 2.75) is 6.92 Å². The van der Waals surface area contributed by atoms with Gasteiger partial charge >= 0.3 is 0 Å². The SMILES string of the molecule is Cc1cccc(F)c1C#CCN. The maximum absolute atomic E-state index is 13.0. The lowest BCUT2D eigenvalue weighted by atomic mass is 10.1. The van der Waals surface area contributed by atoms with Crippen LogP contribution < -0.4 is 5.73 Å². The van der Waals surface area contributed by atoms with Crippen molar-refractivity contribution in [3.8, 4) is 11.8 Å². The van der Waals surface area contributed by atoms with Gasteiger partial charge in [0.15, 0.2) is 0 Å². The number of hydrogen-bond donors (Lipinski definition) is 1. The molecule has 0 aromatic heterocycles. The molecule has 1 aromatic rings. The topological polar surface area (TPSA) is 26.0 Å². The lowest BCUT2D eigenvalue weighted by Gasteiger charge is -1.97. The fraction of sp³-hybridized carbons (Fsp3) is 0.200. The molecule has 12 heavy (non-hydrogen) atoms. The number of benzene rings is 1. The van der Waals surface area contributed by atoms with Crippen LogP contribution >= 0.6 is 0 Å². The van der Waals surface area contributed by atoms with Gasteiger partial charge in [-0.2, -0.15) is 0 Å². The van der Waals surface area contributed by atoms with E-state index in [4.69, 9.17) is 5.73 Å². The number of rotatable bonds is 0. The van der Waals surface area contributed by atoms with E-state index in [9.17, 15) is 4.39 Å². The van der Waals surface area contributed by atoms with Crippen molar-refractivity contribution in [1.29, 1.82) is 0 Å². The lowest BCUT2D eigenvalue weighted by molar-refractivity contribution is 0.623. The molecule has 0 heterocycles. The molecule has 1 nitrogen and oxygen atoms in total. The third-order valence-corrected chi connectivity index (χ3v) is 1.54. The van der Waals surface area contributed by atoms with Crippen LogP contribution in [-0.4, -0.2) is 6.54 Å². The Bertz CT molecular complexity index is 313. The van der Waals surface area contributed by atoms with Crippen LogP contribution in [-0.2, 0) is 0 Å². The van der Waals surface area contributed by atoms with Crippen LogP contribution in [0.3, 0.4) is 0 Å². The highest BCUT2D eigenvalue weighted by Crippen LogP contribution is 2.10.